The Morgan fingerprint density at radius 1 is 0.926 bits per heavy atom. The second-order valence-electron chi connectivity index (χ2n) is 7.43. The fraction of sp³-hybridized carbons (Fsp3) is 0.824. The third kappa shape index (κ3) is 4.95. The van der Waals surface area contributed by atoms with Gasteiger partial charge in [0.1, 0.15) is 0 Å². The second kappa shape index (κ2) is 7.87. The van der Waals surface area contributed by atoms with Crippen LogP contribution in [0.25, 0.3) is 0 Å². The van der Waals surface area contributed by atoms with Crippen molar-refractivity contribution in [2.75, 3.05) is 13.1 Å². The number of hydrogen-bond donors (Lipinski definition) is 1. The predicted molar refractivity (Wildman–Crippen MR) is 88.2 cm³/mol. The summed E-state index contributed by atoms with van der Waals surface area (Å²) in [5, 5.41) is 12.8. The number of nitrogens with zero attached hydrogens (tertiary/aromatic N) is 2. The summed E-state index contributed by atoms with van der Waals surface area (Å²) in [5.41, 5.74) is 0.374. The minimum atomic E-state index is -4.21. The highest BCUT2D eigenvalue weighted by Crippen LogP contribution is 2.44. The summed E-state index contributed by atoms with van der Waals surface area (Å²) in [5.74, 6) is -2.64. The van der Waals surface area contributed by atoms with Crippen molar-refractivity contribution in [1.29, 1.82) is 0 Å². The van der Waals surface area contributed by atoms with E-state index in [9.17, 15) is 31.4 Å². The van der Waals surface area contributed by atoms with Crippen LogP contribution < -0.4 is 0 Å². The van der Waals surface area contributed by atoms with Crippen molar-refractivity contribution in [3.05, 3.63) is 16.1 Å². The van der Waals surface area contributed by atoms with Crippen molar-refractivity contribution in [2.24, 2.45) is 11.8 Å². The molecule has 3 rings (SSSR count). The second-order valence-corrected chi connectivity index (χ2v) is 8.32. The zero-order valence-electron chi connectivity index (χ0n) is 14.6. The van der Waals surface area contributed by atoms with Crippen LogP contribution in [0.4, 0.5) is 26.3 Å². The number of aliphatic hydroxyl groups excluding tert-OH is 1. The maximum Gasteiger partial charge on any atom is 0.391 e. The molecule has 1 N–H and O–H groups in total. The van der Waals surface area contributed by atoms with Crippen LogP contribution in [0.5, 0.6) is 0 Å². The Morgan fingerprint density at radius 2 is 1.44 bits per heavy atom. The lowest BCUT2D eigenvalue weighted by molar-refractivity contribution is -0.190. The molecule has 1 aliphatic carbocycles. The molecule has 0 spiro atoms. The highest BCUT2D eigenvalue weighted by atomic mass is 32.1. The Balaban J connectivity index is 1.55. The molecule has 2 fully saturated rings. The van der Waals surface area contributed by atoms with E-state index in [-0.39, 0.29) is 44.7 Å². The van der Waals surface area contributed by atoms with Crippen LogP contribution in [0.3, 0.4) is 0 Å². The molecular weight excluding hydrogens is 394 g/mol. The molecular formula is C17H22F6N2OS. The summed E-state index contributed by atoms with van der Waals surface area (Å²) in [6.07, 6.45) is -8.58. The maximum absolute atomic E-state index is 12.8. The minimum absolute atomic E-state index is 0.0504. The molecule has 2 heterocycles. The molecule has 1 saturated carbocycles. The lowest BCUT2D eigenvalue weighted by Crippen LogP contribution is -2.40. The van der Waals surface area contributed by atoms with E-state index in [0.717, 1.165) is 0 Å². The normalized spacial score (nSPS) is 27.7. The number of piperidine rings is 1. The fourth-order valence-electron chi connectivity index (χ4n) is 3.93. The van der Waals surface area contributed by atoms with Gasteiger partial charge in [-0.05, 0) is 38.5 Å². The van der Waals surface area contributed by atoms with Gasteiger partial charge in [0.2, 0.25) is 0 Å². The van der Waals surface area contributed by atoms with Gasteiger partial charge in [-0.25, -0.2) is 4.98 Å². The van der Waals surface area contributed by atoms with Gasteiger partial charge in [-0.2, -0.15) is 26.3 Å². The molecule has 1 aromatic rings. The van der Waals surface area contributed by atoms with Gasteiger partial charge in [-0.3, -0.25) is 4.90 Å². The average molecular weight is 416 g/mol. The third-order valence-corrected chi connectivity index (χ3v) is 6.71. The first-order valence-electron chi connectivity index (χ1n) is 9.06. The molecule has 0 bridgehead atoms. The van der Waals surface area contributed by atoms with Gasteiger partial charge in [-0.1, -0.05) is 0 Å². The van der Waals surface area contributed by atoms with E-state index >= 15 is 0 Å². The first kappa shape index (κ1) is 20.9. The molecule has 2 aliphatic rings. The monoisotopic (exact) mass is 416 g/mol. The van der Waals surface area contributed by atoms with Gasteiger partial charge in [0, 0.05) is 24.4 Å². The van der Waals surface area contributed by atoms with E-state index in [0.29, 0.717) is 23.5 Å². The predicted octanol–water partition coefficient (Wildman–Crippen LogP) is 5.24. The van der Waals surface area contributed by atoms with Gasteiger partial charge >= 0.3 is 12.4 Å². The molecule has 1 atom stereocenters. The van der Waals surface area contributed by atoms with Gasteiger partial charge in [0.15, 0.2) is 6.23 Å². The summed E-state index contributed by atoms with van der Waals surface area (Å²) in [4.78, 5) is 5.96. The smallest absolute Gasteiger partial charge is 0.372 e. The average Bonchev–Trinajstić information content (AvgIpc) is 3.10. The molecule has 3 nitrogen and oxygen atoms in total. The molecule has 154 valence electrons. The summed E-state index contributed by atoms with van der Waals surface area (Å²) in [6.45, 7) is 0.268. The Labute approximate surface area is 157 Å². The Kier molecular flexibility index (Phi) is 6.08. The van der Waals surface area contributed by atoms with E-state index < -0.39 is 30.4 Å². The van der Waals surface area contributed by atoms with Crippen LogP contribution in [0.1, 0.15) is 61.4 Å². The van der Waals surface area contributed by atoms with Crippen LogP contribution in [-0.4, -0.2) is 40.4 Å². The SMILES string of the molecule is OC(c1csc(C2CCC(C(F)(F)F)CC2)n1)N1CCC(C(F)(F)F)CC1. The zero-order valence-corrected chi connectivity index (χ0v) is 15.4. The van der Waals surface area contributed by atoms with Crippen LogP contribution in [-0.2, 0) is 0 Å². The summed E-state index contributed by atoms with van der Waals surface area (Å²) >= 11 is 1.30. The van der Waals surface area contributed by atoms with E-state index in [2.05, 4.69) is 4.98 Å². The number of aliphatic hydroxyl groups is 1. The van der Waals surface area contributed by atoms with Crippen molar-refractivity contribution < 1.29 is 31.4 Å². The highest BCUT2D eigenvalue weighted by Gasteiger charge is 2.43. The van der Waals surface area contributed by atoms with Crippen LogP contribution in [0.15, 0.2) is 5.38 Å². The first-order chi connectivity index (χ1) is 12.6. The first-order valence-corrected chi connectivity index (χ1v) is 9.94. The number of rotatable bonds is 3. The molecule has 27 heavy (non-hydrogen) atoms. The van der Waals surface area contributed by atoms with Gasteiger partial charge < -0.3 is 5.11 Å². The molecule has 1 saturated heterocycles. The summed E-state index contributed by atoms with van der Waals surface area (Å²) in [6, 6.07) is 0. The van der Waals surface area contributed by atoms with E-state index in [1.54, 1.807) is 10.3 Å². The van der Waals surface area contributed by atoms with Gasteiger partial charge in [0.25, 0.3) is 0 Å². The Bertz CT molecular complexity index is 616. The van der Waals surface area contributed by atoms with Crippen molar-refractivity contribution in [1.82, 2.24) is 9.88 Å². The molecule has 1 aliphatic heterocycles. The molecule has 1 aromatic heterocycles. The number of hydrogen-bond acceptors (Lipinski definition) is 4. The van der Waals surface area contributed by atoms with Crippen molar-refractivity contribution in [3.8, 4) is 0 Å². The number of halogens is 6. The van der Waals surface area contributed by atoms with Gasteiger partial charge in [-0.15, -0.1) is 11.3 Å². The maximum atomic E-state index is 12.8. The summed E-state index contributed by atoms with van der Waals surface area (Å²) < 4.78 is 76.5. The highest BCUT2D eigenvalue weighted by molar-refractivity contribution is 7.09. The van der Waals surface area contributed by atoms with Crippen molar-refractivity contribution >= 4 is 11.3 Å². The van der Waals surface area contributed by atoms with Crippen molar-refractivity contribution in [3.63, 3.8) is 0 Å². The van der Waals surface area contributed by atoms with Crippen LogP contribution >= 0.6 is 11.3 Å². The van der Waals surface area contributed by atoms with E-state index in [1.807, 2.05) is 0 Å². The lowest BCUT2D eigenvalue weighted by Gasteiger charge is -2.35. The molecule has 0 amide bonds. The summed E-state index contributed by atoms with van der Waals surface area (Å²) in [7, 11) is 0. The number of likely N-dealkylation sites (tertiary alicyclic amines) is 1. The van der Waals surface area contributed by atoms with Gasteiger partial charge in [0.05, 0.1) is 22.5 Å². The minimum Gasteiger partial charge on any atom is -0.372 e. The number of aromatic nitrogens is 1. The standard InChI is InChI=1S/C17H22F6N2OS/c18-16(19,20)11-3-1-10(2-4-11)14-24-13(9-27-14)15(26)25-7-5-12(6-8-25)17(21,22)23/h9-12,15,26H,1-8H2. The van der Waals surface area contributed by atoms with E-state index in [4.69, 9.17) is 0 Å². The number of thiazole rings is 1. The topological polar surface area (TPSA) is 36.4 Å². The fourth-order valence-corrected chi connectivity index (χ4v) is 4.94. The Hall–Kier alpha value is -0.870. The zero-order chi connectivity index (χ0) is 19.8. The molecule has 10 heteroatoms. The van der Waals surface area contributed by atoms with Crippen LogP contribution in [0.2, 0.25) is 0 Å². The lowest BCUT2D eigenvalue weighted by atomic mass is 9.82. The van der Waals surface area contributed by atoms with E-state index in [1.165, 1.54) is 11.3 Å². The largest absolute Gasteiger partial charge is 0.391 e. The molecule has 0 radical (unpaired) electrons. The van der Waals surface area contributed by atoms with Crippen molar-refractivity contribution in [2.45, 2.75) is 63.0 Å². The molecule has 1 unspecified atom stereocenters. The number of alkyl halides is 6. The molecule has 0 aromatic carbocycles. The quantitative estimate of drug-likeness (QED) is 0.685. The Morgan fingerprint density at radius 3 is 1.96 bits per heavy atom. The van der Waals surface area contributed by atoms with Crippen LogP contribution in [0, 0.1) is 11.8 Å². The third-order valence-electron chi connectivity index (χ3n) is 5.68.